The van der Waals surface area contributed by atoms with Crippen LogP contribution in [0.25, 0.3) is 32.3 Å². The number of amides is 6. The molecule has 5 aliphatic rings. The van der Waals surface area contributed by atoms with Gasteiger partial charge in [-0.25, -0.2) is 24.2 Å². The van der Waals surface area contributed by atoms with Crippen molar-refractivity contribution in [2.75, 3.05) is 28.7 Å². The van der Waals surface area contributed by atoms with Crippen molar-refractivity contribution < 1.29 is 66.8 Å². The third kappa shape index (κ3) is 18.2. The Bertz CT molecular complexity index is 4560. The van der Waals surface area contributed by atoms with E-state index in [0.717, 1.165) is 125 Å². The highest BCUT2D eigenvalue weighted by Gasteiger charge is 2.38. The van der Waals surface area contributed by atoms with E-state index in [2.05, 4.69) is 26.7 Å². The Morgan fingerprint density at radius 2 is 0.849 bits per heavy atom. The molecule has 6 amide bonds. The minimum Gasteiger partial charge on any atom is -0.490 e. The monoisotopic (exact) mass is 1450 g/mol. The lowest BCUT2D eigenvalue weighted by Gasteiger charge is -2.29. The molecule has 17 nitrogen and oxygen atoms in total. The molecule has 8 aromatic carbocycles. The van der Waals surface area contributed by atoms with Crippen LogP contribution in [0.5, 0.6) is 11.5 Å². The van der Waals surface area contributed by atoms with E-state index < -0.39 is 17.9 Å². The summed E-state index contributed by atoms with van der Waals surface area (Å²) in [7, 11) is 0. The van der Waals surface area contributed by atoms with E-state index in [1.807, 2.05) is 78.5 Å². The molecule has 0 N–H and O–H groups in total. The Hall–Kier alpha value is -10.5. The fraction of sp³-hybridized carbons (Fsp3) is 0.352. The first-order valence-corrected chi connectivity index (χ1v) is 38.4. The maximum Gasteiger partial charge on any atom is 0.333 e. The molecular formula is C88H93N3O14S. The van der Waals surface area contributed by atoms with E-state index in [1.165, 1.54) is 85.3 Å². The smallest absolute Gasteiger partial charge is 0.333 e. The number of hydrogen-bond acceptors (Lipinski definition) is 15. The maximum absolute atomic E-state index is 13.5. The number of rotatable bonds is 30. The Morgan fingerprint density at radius 3 is 1.33 bits per heavy atom. The van der Waals surface area contributed by atoms with E-state index in [1.54, 1.807) is 79.7 Å². The Morgan fingerprint density at radius 1 is 0.443 bits per heavy atom. The van der Waals surface area contributed by atoms with Crippen LogP contribution in [0.15, 0.2) is 182 Å². The number of ether oxygens (including phenoxy) is 5. The molecule has 0 aromatic heterocycles. The van der Waals surface area contributed by atoms with Crippen molar-refractivity contribution in [2.24, 2.45) is 0 Å². The Balaban J connectivity index is 0.000000159. The van der Waals surface area contributed by atoms with Crippen LogP contribution < -0.4 is 19.3 Å². The van der Waals surface area contributed by atoms with E-state index in [4.69, 9.17) is 23.7 Å². The second-order valence-electron chi connectivity index (χ2n) is 27.5. The van der Waals surface area contributed by atoms with Gasteiger partial charge in [-0.3, -0.25) is 33.7 Å². The van der Waals surface area contributed by atoms with Crippen molar-refractivity contribution in [2.45, 2.75) is 185 Å². The molecule has 0 saturated heterocycles. The van der Waals surface area contributed by atoms with Gasteiger partial charge in [-0.2, -0.15) is 0 Å². The summed E-state index contributed by atoms with van der Waals surface area (Å²) in [5, 5.41) is 4.68. The molecule has 0 unspecified atom stereocenters. The average Bonchev–Trinajstić information content (AvgIpc) is 0.762. The summed E-state index contributed by atoms with van der Waals surface area (Å²) in [6.45, 7) is 15.0. The molecule has 0 radical (unpaired) electrons. The third-order valence-corrected chi connectivity index (χ3v) is 21.1. The Kier molecular flexibility index (Phi) is 26.8. The van der Waals surface area contributed by atoms with Crippen LogP contribution in [-0.2, 0) is 41.8 Å². The summed E-state index contributed by atoms with van der Waals surface area (Å²) < 4.78 is 27.8. The highest BCUT2D eigenvalue weighted by atomic mass is 32.2. The number of anilines is 2. The molecule has 0 atom stereocenters. The molecule has 106 heavy (non-hydrogen) atoms. The number of thioether (sulfide) groups is 1. The lowest BCUT2D eigenvalue weighted by molar-refractivity contribution is -0.140. The summed E-state index contributed by atoms with van der Waals surface area (Å²) in [6, 6.07) is 41.6. The van der Waals surface area contributed by atoms with Gasteiger partial charge in [0.05, 0.1) is 30.2 Å². The van der Waals surface area contributed by atoms with Crippen LogP contribution in [0.4, 0.5) is 11.4 Å². The molecular weight excluding hydrogens is 1360 g/mol. The summed E-state index contributed by atoms with van der Waals surface area (Å²) in [6.07, 6.45) is 27.7. The molecule has 3 aliphatic heterocycles. The number of imide groups is 3. The number of nitrogens with zero attached hydrogens (tertiary/aromatic N) is 3. The van der Waals surface area contributed by atoms with Crippen LogP contribution in [0.1, 0.15) is 228 Å². The summed E-state index contributed by atoms with van der Waals surface area (Å²) in [4.78, 5) is 119. The van der Waals surface area contributed by atoms with Crippen LogP contribution in [0, 0.1) is 0 Å². The fourth-order valence-electron chi connectivity index (χ4n) is 14.3. The molecule has 3 heterocycles. The summed E-state index contributed by atoms with van der Waals surface area (Å²) in [5.74, 6) is -0.846. The van der Waals surface area contributed by atoms with Gasteiger partial charge in [0.25, 0.3) is 35.4 Å². The van der Waals surface area contributed by atoms with Crippen LogP contribution in [-0.4, -0.2) is 89.4 Å². The zero-order valence-electron chi connectivity index (χ0n) is 60.8. The predicted molar refractivity (Wildman–Crippen MR) is 415 cm³/mol. The number of benzene rings is 8. The van der Waals surface area contributed by atoms with Gasteiger partial charge in [0.15, 0.2) is 0 Å². The average molecular weight is 1450 g/mol. The topological polar surface area (TPSA) is 209 Å². The van der Waals surface area contributed by atoms with Gasteiger partial charge in [-0.1, -0.05) is 152 Å². The van der Waals surface area contributed by atoms with Gasteiger partial charge in [0.2, 0.25) is 0 Å². The lowest BCUT2D eigenvalue weighted by atomic mass is 9.92. The highest BCUT2D eigenvalue weighted by Crippen LogP contribution is 2.42. The van der Waals surface area contributed by atoms with Crippen molar-refractivity contribution in [1.29, 1.82) is 0 Å². The number of esters is 3. The molecule has 2 fully saturated rings. The minimum absolute atomic E-state index is 0.0823. The molecule has 13 rings (SSSR count). The summed E-state index contributed by atoms with van der Waals surface area (Å²) >= 11 is 1.83. The first kappa shape index (κ1) is 76.7. The van der Waals surface area contributed by atoms with Gasteiger partial charge in [-0.05, 0) is 185 Å². The number of unbranched alkanes of at least 4 members (excludes halogenated alkanes) is 10. The van der Waals surface area contributed by atoms with Gasteiger partial charge in [-0.15, -0.1) is 11.8 Å². The van der Waals surface area contributed by atoms with E-state index >= 15 is 0 Å². The minimum atomic E-state index is -0.512. The molecule has 0 spiro atoms. The van der Waals surface area contributed by atoms with Crippen molar-refractivity contribution in [3.63, 3.8) is 0 Å². The van der Waals surface area contributed by atoms with Gasteiger partial charge in [0, 0.05) is 89.5 Å². The molecule has 18 heteroatoms. The van der Waals surface area contributed by atoms with Gasteiger partial charge >= 0.3 is 17.9 Å². The number of carbonyl (C=O) groups is 9. The Labute approximate surface area is 624 Å². The normalized spacial score (nSPS) is 14.8. The molecule has 8 aromatic rings. The third-order valence-electron chi connectivity index (χ3n) is 20.0. The quantitative estimate of drug-likeness (QED) is 0.0102. The predicted octanol–water partition coefficient (Wildman–Crippen LogP) is 19.5. The second kappa shape index (κ2) is 37.0. The van der Waals surface area contributed by atoms with Gasteiger partial charge < -0.3 is 23.7 Å². The maximum atomic E-state index is 13.5. The molecule has 2 saturated carbocycles. The SMILES string of the molecule is C=C(C)C(=O)OCc1ccc(N2C(=O)c3cccc4c(OC5CCCCC5)ccc(c34)C2=O)cc1.C=CC(=O)OCCCCCN1C(=O)c2cccc3c(SCCCCCCCCCCC)ccc(c23)C1=O.C=CC(=O)OCc1ccc(N2C(=O)c3cccc4c(OC5CCCCC5)ccc(c34)C2=O)cc1. The van der Waals surface area contributed by atoms with E-state index in [9.17, 15) is 43.2 Å². The van der Waals surface area contributed by atoms with Crippen molar-refractivity contribution in [1.82, 2.24) is 4.90 Å². The molecule has 0 bridgehead atoms. The van der Waals surface area contributed by atoms with Crippen LogP contribution >= 0.6 is 11.8 Å². The zero-order valence-corrected chi connectivity index (χ0v) is 61.6. The van der Waals surface area contributed by atoms with Gasteiger partial charge in [0.1, 0.15) is 24.7 Å². The van der Waals surface area contributed by atoms with Crippen molar-refractivity contribution >= 4 is 109 Å². The summed E-state index contributed by atoms with van der Waals surface area (Å²) in [5.41, 5.74) is 5.85. The van der Waals surface area contributed by atoms with Crippen molar-refractivity contribution in [3.8, 4) is 11.5 Å². The lowest BCUT2D eigenvalue weighted by Crippen LogP contribution is -2.40. The number of hydrogen-bond donors (Lipinski definition) is 0. The number of carbonyl (C=O) groups excluding carboxylic acids is 9. The molecule has 550 valence electrons. The molecule has 2 aliphatic carbocycles. The first-order valence-electron chi connectivity index (χ1n) is 37.4. The largest absolute Gasteiger partial charge is 0.490 e. The van der Waals surface area contributed by atoms with Crippen LogP contribution in [0.2, 0.25) is 0 Å². The first-order chi connectivity index (χ1) is 51.6. The van der Waals surface area contributed by atoms with E-state index in [-0.39, 0.29) is 60.9 Å². The van der Waals surface area contributed by atoms with Crippen molar-refractivity contribution in [3.05, 3.63) is 221 Å². The standard InChI is InChI=1S/C31H41NO4S.C29H27NO5.C28H25NO5/c1-3-5-6-7-8-9-10-11-15-23-37-27-20-19-26-29-24(27)17-16-18-25(29)30(34)32(31(26)35)21-13-12-14-22-36-28(33)4-2;1-18(2)29(33)34-17-19-11-13-20(14-12-19)30-27(31)23-10-6-9-22-25(35-21-7-4-3-5-8-21)16-15-24(26(22)23)28(30)32;1-2-25(30)33-17-18-11-13-19(14-12-18)29-27(31)22-10-6-9-21-24(34-20-7-4-3-5-8-20)16-15-23(26(21)22)28(29)32/h4,16-20H,2-3,5-15,21-23H2,1H3;6,9-16,21H,1,3-5,7-8,17H2,2H3;2,6,9-16,20H,1,3-5,7-8,17H2. The second-order valence-corrected chi connectivity index (χ2v) is 28.7. The fourth-order valence-corrected chi connectivity index (χ4v) is 15.4. The van der Waals surface area contributed by atoms with E-state index in [0.29, 0.717) is 87.1 Å². The highest BCUT2D eigenvalue weighted by molar-refractivity contribution is 7.99. The van der Waals surface area contributed by atoms with Crippen LogP contribution in [0.3, 0.4) is 0 Å². The zero-order chi connectivity index (χ0) is 74.6.